The number of carbonyl (C=O) groups excluding carboxylic acids is 1. The summed E-state index contributed by atoms with van der Waals surface area (Å²) in [7, 11) is -3.53. The molecule has 156 valence electrons. The van der Waals surface area contributed by atoms with Gasteiger partial charge in [-0.3, -0.25) is 4.79 Å². The minimum atomic E-state index is -3.53. The Morgan fingerprint density at radius 1 is 1.21 bits per heavy atom. The average Bonchev–Trinajstić information content (AvgIpc) is 2.69. The molecule has 1 N–H and O–H groups in total. The van der Waals surface area contributed by atoms with Crippen molar-refractivity contribution in [2.24, 2.45) is 5.92 Å². The first kappa shape index (κ1) is 21.7. The molecular weight excluding hydrogens is 463 g/mol. The smallest absolute Gasteiger partial charge is 0.262 e. The third-order valence-corrected chi connectivity index (χ3v) is 7.19. The lowest BCUT2D eigenvalue weighted by atomic mass is 10.0. The Balaban J connectivity index is 1.57. The van der Waals surface area contributed by atoms with Crippen LogP contribution in [0.4, 0.5) is 10.1 Å². The van der Waals surface area contributed by atoms with Crippen molar-refractivity contribution in [2.45, 2.75) is 24.7 Å². The van der Waals surface area contributed by atoms with Gasteiger partial charge in [-0.1, -0.05) is 22.9 Å². The van der Waals surface area contributed by atoms with Crippen LogP contribution in [0, 0.1) is 11.7 Å². The molecule has 0 aliphatic carbocycles. The van der Waals surface area contributed by atoms with Crippen molar-refractivity contribution in [3.63, 3.8) is 0 Å². The van der Waals surface area contributed by atoms with Gasteiger partial charge < -0.3 is 10.1 Å². The summed E-state index contributed by atoms with van der Waals surface area (Å²) in [4.78, 5) is 12.2. The normalized spacial score (nSPS) is 15.8. The van der Waals surface area contributed by atoms with Crippen LogP contribution in [0.2, 0.25) is 0 Å². The molecule has 1 amide bonds. The lowest BCUT2D eigenvalue weighted by molar-refractivity contribution is -0.118. The van der Waals surface area contributed by atoms with Crippen LogP contribution in [0.5, 0.6) is 5.75 Å². The highest BCUT2D eigenvalue weighted by molar-refractivity contribution is 9.10. The van der Waals surface area contributed by atoms with Gasteiger partial charge in [-0.2, -0.15) is 4.31 Å². The maximum atomic E-state index is 13.8. The summed E-state index contributed by atoms with van der Waals surface area (Å²) in [5, 5.41) is 2.43. The number of nitrogens with zero attached hydrogens (tertiary/aromatic N) is 1. The molecule has 0 saturated carbocycles. The van der Waals surface area contributed by atoms with Crippen molar-refractivity contribution in [2.75, 3.05) is 25.0 Å². The minimum absolute atomic E-state index is 0.0547. The highest BCUT2D eigenvalue weighted by Gasteiger charge is 2.27. The molecule has 0 atom stereocenters. The Hall–Kier alpha value is -1.97. The molecule has 1 heterocycles. The number of nitrogens with one attached hydrogen (secondary N) is 1. The molecule has 1 aliphatic heterocycles. The van der Waals surface area contributed by atoms with Crippen LogP contribution in [0.15, 0.2) is 51.8 Å². The van der Waals surface area contributed by atoms with Crippen molar-refractivity contribution in [3.8, 4) is 5.75 Å². The summed E-state index contributed by atoms with van der Waals surface area (Å²) in [5.74, 6) is -0.198. The summed E-state index contributed by atoms with van der Waals surface area (Å²) in [6, 6.07) is 10.3. The molecule has 3 rings (SSSR count). The number of benzene rings is 2. The number of halogens is 2. The Bertz CT molecular complexity index is 974. The first-order valence-corrected chi connectivity index (χ1v) is 11.5. The highest BCUT2D eigenvalue weighted by atomic mass is 79.9. The molecule has 1 saturated heterocycles. The van der Waals surface area contributed by atoms with Gasteiger partial charge >= 0.3 is 0 Å². The Morgan fingerprint density at radius 2 is 1.86 bits per heavy atom. The van der Waals surface area contributed by atoms with E-state index in [1.54, 1.807) is 6.07 Å². The van der Waals surface area contributed by atoms with Crippen molar-refractivity contribution in [1.29, 1.82) is 0 Å². The van der Waals surface area contributed by atoms with Crippen molar-refractivity contribution < 1.29 is 22.3 Å². The van der Waals surface area contributed by atoms with E-state index in [0.29, 0.717) is 29.2 Å². The monoisotopic (exact) mass is 484 g/mol. The molecule has 2 aromatic rings. The van der Waals surface area contributed by atoms with Crippen LogP contribution >= 0.6 is 15.9 Å². The second-order valence-corrected chi connectivity index (χ2v) is 9.87. The summed E-state index contributed by atoms with van der Waals surface area (Å²) in [6.07, 6.45) is 1.71. The van der Waals surface area contributed by atoms with Gasteiger partial charge in [-0.25, -0.2) is 12.8 Å². The first-order valence-electron chi connectivity index (χ1n) is 9.23. The minimum Gasteiger partial charge on any atom is -0.484 e. The molecule has 1 aliphatic rings. The van der Waals surface area contributed by atoms with Crippen molar-refractivity contribution in [3.05, 3.63) is 52.8 Å². The lowest BCUT2D eigenvalue weighted by Gasteiger charge is -2.29. The second-order valence-electron chi connectivity index (χ2n) is 7.02. The molecule has 0 aromatic heterocycles. The number of anilines is 1. The van der Waals surface area contributed by atoms with E-state index in [4.69, 9.17) is 4.74 Å². The topological polar surface area (TPSA) is 75.7 Å². The largest absolute Gasteiger partial charge is 0.484 e. The molecule has 0 radical (unpaired) electrons. The van der Waals surface area contributed by atoms with Gasteiger partial charge in [-0.15, -0.1) is 0 Å². The van der Waals surface area contributed by atoms with E-state index < -0.39 is 21.7 Å². The quantitative estimate of drug-likeness (QED) is 0.671. The number of rotatable bonds is 6. The second kappa shape index (κ2) is 9.23. The molecule has 0 unspecified atom stereocenters. The standard InChI is InChI=1S/C20H22BrFN2O4S/c1-14-8-10-24(11-9-14)29(26,27)17-5-3-16(4-6-17)28-13-20(25)23-19-7-2-15(21)12-18(19)22/h2-7,12,14H,8-11,13H2,1H3,(H,23,25). The number of hydrogen-bond donors (Lipinski definition) is 1. The summed E-state index contributed by atoms with van der Waals surface area (Å²) in [6.45, 7) is 2.84. The fourth-order valence-corrected chi connectivity index (χ4v) is 4.81. The van der Waals surface area contributed by atoms with Gasteiger partial charge in [0.15, 0.2) is 6.61 Å². The Kier molecular flexibility index (Phi) is 6.92. The molecule has 6 nitrogen and oxygen atoms in total. The summed E-state index contributed by atoms with van der Waals surface area (Å²) >= 11 is 3.15. The predicted octanol–water partition coefficient (Wildman–Crippen LogP) is 4.03. The average molecular weight is 485 g/mol. The van der Waals surface area contributed by atoms with Gasteiger partial charge in [0.05, 0.1) is 10.6 Å². The molecular formula is C20H22BrFN2O4S. The maximum absolute atomic E-state index is 13.8. The number of sulfonamides is 1. The Labute approximate surface area is 178 Å². The van der Waals surface area contributed by atoms with Crippen LogP contribution < -0.4 is 10.1 Å². The number of piperidine rings is 1. The SMILES string of the molecule is CC1CCN(S(=O)(=O)c2ccc(OCC(=O)Nc3ccc(Br)cc3F)cc2)CC1. The van der Waals surface area contributed by atoms with Crippen molar-refractivity contribution in [1.82, 2.24) is 4.31 Å². The molecule has 0 spiro atoms. The number of ether oxygens (including phenoxy) is 1. The van der Waals surface area contributed by atoms with Gasteiger partial charge in [0.25, 0.3) is 5.91 Å². The van der Waals surface area contributed by atoms with Crippen LogP contribution in [-0.2, 0) is 14.8 Å². The first-order chi connectivity index (χ1) is 13.8. The third kappa shape index (κ3) is 5.55. The highest BCUT2D eigenvalue weighted by Crippen LogP contribution is 2.25. The van der Waals surface area contributed by atoms with E-state index >= 15 is 0 Å². The van der Waals surface area contributed by atoms with Gasteiger partial charge in [-0.05, 0) is 61.2 Å². The fourth-order valence-electron chi connectivity index (χ4n) is 3.01. The zero-order valence-electron chi connectivity index (χ0n) is 15.9. The van der Waals surface area contributed by atoms with E-state index in [1.165, 1.54) is 40.7 Å². The van der Waals surface area contributed by atoms with Crippen molar-refractivity contribution >= 4 is 37.5 Å². The number of carbonyl (C=O) groups is 1. The van der Waals surface area contributed by atoms with Gasteiger partial charge in [0, 0.05) is 17.6 Å². The van der Waals surface area contributed by atoms with Gasteiger partial charge in [0.2, 0.25) is 10.0 Å². The number of hydrogen-bond acceptors (Lipinski definition) is 4. The number of amides is 1. The predicted molar refractivity (Wildman–Crippen MR) is 112 cm³/mol. The fraction of sp³-hybridized carbons (Fsp3) is 0.350. The Morgan fingerprint density at radius 3 is 2.48 bits per heavy atom. The zero-order valence-corrected chi connectivity index (χ0v) is 18.3. The lowest BCUT2D eigenvalue weighted by Crippen LogP contribution is -2.37. The van der Waals surface area contributed by atoms with Crippen LogP contribution in [0.25, 0.3) is 0 Å². The van der Waals surface area contributed by atoms with Crippen LogP contribution in [-0.4, -0.2) is 38.3 Å². The van der Waals surface area contributed by atoms with E-state index in [0.717, 1.165) is 12.8 Å². The summed E-state index contributed by atoms with van der Waals surface area (Å²) < 4.78 is 46.6. The van der Waals surface area contributed by atoms with E-state index in [9.17, 15) is 17.6 Å². The summed E-state index contributed by atoms with van der Waals surface area (Å²) in [5.41, 5.74) is 0.0547. The van der Waals surface area contributed by atoms with E-state index in [1.807, 2.05) is 0 Å². The molecule has 29 heavy (non-hydrogen) atoms. The third-order valence-electron chi connectivity index (χ3n) is 4.78. The zero-order chi connectivity index (χ0) is 21.0. The molecule has 0 bridgehead atoms. The molecule has 2 aromatic carbocycles. The maximum Gasteiger partial charge on any atom is 0.262 e. The molecule has 9 heteroatoms. The van der Waals surface area contributed by atoms with Crippen LogP contribution in [0.3, 0.4) is 0 Å². The molecule has 1 fully saturated rings. The van der Waals surface area contributed by atoms with Crippen LogP contribution in [0.1, 0.15) is 19.8 Å². The van der Waals surface area contributed by atoms with E-state index in [-0.39, 0.29) is 17.2 Å². The van der Waals surface area contributed by atoms with Gasteiger partial charge in [0.1, 0.15) is 11.6 Å². The van der Waals surface area contributed by atoms with E-state index in [2.05, 4.69) is 28.2 Å².